The lowest BCUT2D eigenvalue weighted by molar-refractivity contribution is 0.549. The largest absolute Gasteiger partial charge is 0.310 e. The maximum absolute atomic E-state index is 6.27. The first-order chi connectivity index (χ1) is 9.61. The van der Waals surface area contributed by atoms with E-state index in [1.54, 1.807) is 0 Å². The van der Waals surface area contributed by atoms with Crippen molar-refractivity contribution in [1.82, 2.24) is 10.3 Å². The van der Waals surface area contributed by atoms with Gasteiger partial charge < -0.3 is 5.32 Å². The number of hydrogen-bond donors (Lipinski definition) is 1. The molecule has 1 unspecified atom stereocenters. The zero-order chi connectivity index (χ0) is 14.5. The van der Waals surface area contributed by atoms with Crippen LogP contribution >= 0.6 is 23.2 Å². The minimum absolute atomic E-state index is 0.180. The van der Waals surface area contributed by atoms with Gasteiger partial charge in [0.05, 0.1) is 0 Å². The van der Waals surface area contributed by atoms with Gasteiger partial charge in [0.2, 0.25) is 0 Å². The van der Waals surface area contributed by atoms with Crippen molar-refractivity contribution in [3.8, 4) is 0 Å². The highest BCUT2D eigenvalue weighted by Gasteiger charge is 2.15. The summed E-state index contributed by atoms with van der Waals surface area (Å²) in [6.45, 7) is 4.97. The monoisotopic (exact) mass is 308 g/mol. The Morgan fingerprint density at radius 1 is 1.20 bits per heavy atom. The Morgan fingerprint density at radius 3 is 2.50 bits per heavy atom. The predicted molar refractivity (Wildman–Crippen MR) is 85.6 cm³/mol. The van der Waals surface area contributed by atoms with Crippen molar-refractivity contribution in [1.29, 1.82) is 0 Å². The second-order valence-electron chi connectivity index (χ2n) is 4.75. The molecule has 106 valence electrons. The molecule has 1 aromatic heterocycles. The Labute approximate surface area is 130 Å². The van der Waals surface area contributed by atoms with Crippen LogP contribution in [-0.2, 0) is 6.42 Å². The summed E-state index contributed by atoms with van der Waals surface area (Å²) in [5.41, 5.74) is 3.20. The highest BCUT2D eigenvalue weighted by atomic mass is 35.5. The highest BCUT2D eigenvalue weighted by Crippen LogP contribution is 2.29. The number of likely N-dealkylation sites (N-methyl/N-ethyl adjacent to an activating group) is 1. The van der Waals surface area contributed by atoms with Gasteiger partial charge in [0.25, 0.3) is 0 Å². The van der Waals surface area contributed by atoms with E-state index in [4.69, 9.17) is 23.2 Å². The zero-order valence-corrected chi connectivity index (χ0v) is 13.2. The summed E-state index contributed by atoms with van der Waals surface area (Å²) in [4.78, 5) is 4.24. The van der Waals surface area contributed by atoms with Crippen LogP contribution in [0.3, 0.4) is 0 Å². The molecule has 0 amide bonds. The predicted octanol–water partition coefficient (Wildman–Crippen LogP) is 4.59. The van der Waals surface area contributed by atoms with Crippen LogP contribution in [0.25, 0.3) is 0 Å². The van der Waals surface area contributed by atoms with E-state index < -0.39 is 0 Å². The summed E-state index contributed by atoms with van der Waals surface area (Å²) in [5.74, 6) is 0. The van der Waals surface area contributed by atoms with Crippen LogP contribution in [0.15, 0.2) is 36.5 Å². The third kappa shape index (κ3) is 3.72. The average molecular weight is 309 g/mol. The molecule has 1 atom stereocenters. The van der Waals surface area contributed by atoms with E-state index in [1.807, 2.05) is 37.4 Å². The molecule has 0 aliphatic rings. The lowest BCUT2D eigenvalue weighted by Gasteiger charge is -2.20. The summed E-state index contributed by atoms with van der Waals surface area (Å²) < 4.78 is 0. The molecule has 0 saturated heterocycles. The highest BCUT2D eigenvalue weighted by molar-refractivity contribution is 6.36. The van der Waals surface area contributed by atoms with Crippen molar-refractivity contribution in [3.05, 3.63) is 63.4 Å². The molecule has 0 fully saturated rings. The molecule has 0 aliphatic carbocycles. The number of nitrogens with zero attached hydrogens (tertiary/aromatic N) is 1. The third-order valence-corrected chi connectivity index (χ3v) is 3.95. The molecule has 1 N–H and O–H groups in total. The minimum Gasteiger partial charge on any atom is -0.310 e. The van der Waals surface area contributed by atoms with Crippen molar-refractivity contribution in [3.63, 3.8) is 0 Å². The van der Waals surface area contributed by atoms with Crippen LogP contribution in [0.1, 0.15) is 29.8 Å². The van der Waals surface area contributed by atoms with Gasteiger partial charge in [-0.3, -0.25) is 4.98 Å². The number of aryl methyl sites for hydroxylation is 1. The number of aromatic nitrogens is 1. The Morgan fingerprint density at radius 2 is 1.90 bits per heavy atom. The van der Waals surface area contributed by atoms with Crippen LogP contribution < -0.4 is 5.32 Å². The van der Waals surface area contributed by atoms with Crippen LogP contribution in [0, 0.1) is 6.92 Å². The van der Waals surface area contributed by atoms with Gasteiger partial charge in [-0.15, -0.1) is 0 Å². The van der Waals surface area contributed by atoms with Crippen molar-refractivity contribution in [2.24, 2.45) is 0 Å². The first kappa shape index (κ1) is 15.3. The summed E-state index contributed by atoms with van der Waals surface area (Å²) in [7, 11) is 0. The molecule has 1 aromatic carbocycles. The fourth-order valence-electron chi connectivity index (χ4n) is 2.27. The fraction of sp³-hybridized carbons (Fsp3) is 0.312. The summed E-state index contributed by atoms with van der Waals surface area (Å²) >= 11 is 12.5. The maximum Gasteiger partial charge on any atom is 0.0453 e. The maximum atomic E-state index is 6.27. The van der Waals surface area contributed by atoms with Gasteiger partial charge in [0.1, 0.15) is 0 Å². The van der Waals surface area contributed by atoms with E-state index in [0.717, 1.165) is 24.2 Å². The molecular formula is C16H18Cl2N2. The number of benzene rings is 1. The van der Waals surface area contributed by atoms with E-state index in [9.17, 15) is 0 Å². The summed E-state index contributed by atoms with van der Waals surface area (Å²) in [5, 5.41) is 4.91. The Kier molecular flexibility index (Phi) is 5.41. The Hall–Kier alpha value is -1.09. The molecule has 20 heavy (non-hydrogen) atoms. The van der Waals surface area contributed by atoms with E-state index >= 15 is 0 Å². The molecule has 0 aliphatic heterocycles. The van der Waals surface area contributed by atoms with Crippen molar-refractivity contribution < 1.29 is 0 Å². The number of hydrogen-bond acceptors (Lipinski definition) is 2. The minimum atomic E-state index is 0.180. The van der Waals surface area contributed by atoms with Gasteiger partial charge in [-0.05, 0) is 55.3 Å². The van der Waals surface area contributed by atoms with E-state index in [-0.39, 0.29) is 6.04 Å². The topological polar surface area (TPSA) is 24.9 Å². The average Bonchev–Trinajstić information content (AvgIpc) is 2.42. The molecular weight excluding hydrogens is 291 g/mol. The molecule has 2 aromatic rings. The molecule has 2 nitrogen and oxygen atoms in total. The number of nitrogens with one attached hydrogen (secondary N) is 1. The molecule has 0 radical (unpaired) electrons. The molecule has 0 saturated carbocycles. The lowest BCUT2D eigenvalue weighted by Crippen LogP contribution is -2.23. The number of pyridine rings is 1. The molecule has 2 rings (SSSR count). The number of rotatable bonds is 5. The normalized spacial score (nSPS) is 12.4. The van der Waals surface area contributed by atoms with Crippen LogP contribution in [-0.4, -0.2) is 11.5 Å². The van der Waals surface area contributed by atoms with Crippen molar-refractivity contribution in [2.75, 3.05) is 6.54 Å². The molecule has 0 spiro atoms. The third-order valence-electron chi connectivity index (χ3n) is 3.24. The molecule has 1 heterocycles. The summed E-state index contributed by atoms with van der Waals surface area (Å²) in [6, 6.07) is 9.93. The van der Waals surface area contributed by atoms with Gasteiger partial charge in [-0.25, -0.2) is 0 Å². The molecule has 4 heteroatoms. The second kappa shape index (κ2) is 7.07. The van der Waals surface area contributed by atoms with Gasteiger partial charge in [0.15, 0.2) is 0 Å². The molecule has 0 bridgehead atoms. The smallest absolute Gasteiger partial charge is 0.0453 e. The van der Waals surface area contributed by atoms with E-state index in [2.05, 4.69) is 23.3 Å². The van der Waals surface area contributed by atoms with Crippen molar-refractivity contribution in [2.45, 2.75) is 26.3 Å². The van der Waals surface area contributed by atoms with Crippen molar-refractivity contribution >= 4 is 23.2 Å². The fourth-order valence-corrected chi connectivity index (χ4v) is 2.82. The van der Waals surface area contributed by atoms with E-state index in [0.29, 0.717) is 10.0 Å². The van der Waals surface area contributed by atoms with E-state index in [1.165, 1.54) is 5.56 Å². The van der Waals surface area contributed by atoms with Gasteiger partial charge >= 0.3 is 0 Å². The van der Waals surface area contributed by atoms with Gasteiger partial charge in [-0.2, -0.15) is 0 Å². The standard InChI is InChI=1S/C16H18Cl2N2/c1-3-19-16(12-7-8-20-11(2)9-12)10-13-14(17)5-4-6-15(13)18/h4-9,16,19H,3,10H2,1-2H3. The first-order valence-electron chi connectivity index (χ1n) is 6.70. The first-order valence-corrected chi connectivity index (χ1v) is 7.46. The summed E-state index contributed by atoms with van der Waals surface area (Å²) in [6.07, 6.45) is 2.60. The number of halogens is 2. The zero-order valence-electron chi connectivity index (χ0n) is 11.7. The van der Waals surface area contributed by atoms with Gasteiger partial charge in [0, 0.05) is 28.0 Å². The SMILES string of the molecule is CCNC(Cc1c(Cl)cccc1Cl)c1ccnc(C)c1. The van der Waals surface area contributed by atoms with Gasteiger partial charge in [-0.1, -0.05) is 36.2 Å². The Bertz CT molecular complexity index is 564. The van der Waals surface area contributed by atoms with Crippen LogP contribution in [0.4, 0.5) is 0 Å². The van der Waals surface area contributed by atoms with Crippen LogP contribution in [0.5, 0.6) is 0 Å². The second-order valence-corrected chi connectivity index (χ2v) is 5.56. The Balaban J connectivity index is 2.30. The quantitative estimate of drug-likeness (QED) is 0.874. The lowest BCUT2D eigenvalue weighted by atomic mass is 9.99. The van der Waals surface area contributed by atoms with Crippen LogP contribution in [0.2, 0.25) is 10.0 Å².